The van der Waals surface area contributed by atoms with Crippen molar-refractivity contribution in [3.63, 3.8) is 0 Å². The number of hydrogen-bond donors (Lipinski definition) is 2. The van der Waals surface area contributed by atoms with Gasteiger partial charge in [0.1, 0.15) is 0 Å². The zero-order valence-corrected chi connectivity index (χ0v) is 12.5. The molecule has 3 N–H and O–H groups in total. The van der Waals surface area contributed by atoms with E-state index in [-0.39, 0.29) is 5.56 Å². The Balaban J connectivity index is 1.83. The highest BCUT2D eigenvalue weighted by Crippen LogP contribution is 2.35. The van der Waals surface area contributed by atoms with Gasteiger partial charge >= 0.3 is 5.97 Å². The number of carbonyl (C=O) groups is 1. The predicted molar refractivity (Wildman–Crippen MR) is 83.8 cm³/mol. The number of likely N-dealkylation sites (tertiary alicyclic amines) is 1. The van der Waals surface area contributed by atoms with Gasteiger partial charge in [-0.2, -0.15) is 0 Å². The molecule has 2 atom stereocenters. The molecule has 2 fully saturated rings. The van der Waals surface area contributed by atoms with E-state index in [1.165, 1.54) is 19.4 Å². The van der Waals surface area contributed by atoms with E-state index >= 15 is 0 Å². The Bertz CT molecular complexity index is 546. The summed E-state index contributed by atoms with van der Waals surface area (Å²) in [5.41, 5.74) is 7.55. The van der Waals surface area contributed by atoms with E-state index in [0.29, 0.717) is 17.6 Å². The lowest BCUT2D eigenvalue weighted by atomic mass is 9.84. The molecule has 0 radical (unpaired) electrons. The van der Waals surface area contributed by atoms with Crippen molar-refractivity contribution in [3.05, 3.63) is 23.8 Å². The normalized spacial score (nSPS) is 26.4. The molecular formula is C16H23N3O2. The summed E-state index contributed by atoms with van der Waals surface area (Å²) in [4.78, 5) is 16.0. The number of benzene rings is 1. The van der Waals surface area contributed by atoms with Gasteiger partial charge in [0.15, 0.2) is 0 Å². The van der Waals surface area contributed by atoms with Crippen LogP contribution in [0.5, 0.6) is 0 Å². The van der Waals surface area contributed by atoms with E-state index in [2.05, 4.69) is 16.8 Å². The molecule has 0 bridgehead atoms. The molecule has 5 heteroatoms. The minimum atomic E-state index is -0.957. The van der Waals surface area contributed by atoms with Crippen LogP contribution in [-0.2, 0) is 0 Å². The molecule has 2 aliphatic heterocycles. The van der Waals surface area contributed by atoms with Crippen LogP contribution < -0.4 is 10.6 Å². The van der Waals surface area contributed by atoms with Crippen LogP contribution in [0.4, 0.5) is 11.4 Å². The van der Waals surface area contributed by atoms with Gasteiger partial charge in [0.05, 0.1) is 16.9 Å². The summed E-state index contributed by atoms with van der Waals surface area (Å²) >= 11 is 0. The molecule has 114 valence electrons. The molecule has 0 saturated carbocycles. The highest BCUT2D eigenvalue weighted by atomic mass is 16.4. The SMILES string of the molecule is CN1CCCC2CN(c3cccc(C(=O)O)c3N)CCC21. The lowest BCUT2D eigenvalue weighted by Crippen LogP contribution is -2.52. The Hall–Kier alpha value is -1.75. The summed E-state index contributed by atoms with van der Waals surface area (Å²) < 4.78 is 0. The molecule has 5 nitrogen and oxygen atoms in total. The fourth-order valence-electron chi connectivity index (χ4n) is 3.89. The van der Waals surface area contributed by atoms with Gasteiger partial charge in [0.2, 0.25) is 0 Å². The minimum absolute atomic E-state index is 0.204. The molecule has 0 aromatic heterocycles. The van der Waals surface area contributed by atoms with Crippen molar-refractivity contribution in [3.8, 4) is 0 Å². The quantitative estimate of drug-likeness (QED) is 0.814. The highest BCUT2D eigenvalue weighted by molar-refractivity contribution is 5.97. The van der Waals surface area contributed by atoms with Crippen molar-refractivity contribution in [2.75, 3.05) is 37.3 Å². The molecule has 2 heterocycles. The van der Waals surface area contributed by atoms with Crippen LogP contribution in [-0.4, -0.2) is 48.7 Å². The molecule has 1 aromatic rings. The first kappa shape index (κ1) is 14.2. The van der Waals surface area contributed by atoms with Crippen molar-refractivity contribution in [1.82, 2.24) is 4.90 Å². The van der Waals surface area contributed by atoms with Crippen molar-refractivity contribution in [2.24, 2.45) is 5.92 Å². The number of piperidine rings is 2. The molecule has 0 aliphatic carbocycles. The summed E-state index contributed by atoms with van der Waals surface area (Å²) in [7, 11) is 2.21. The Morgan fingerprint density at radius 1 is 1.33 bits per heavy atom. The van der Waals surface area contributed by atoms with E-state index in [1.807, 2.05) is 6.07 Å². The van der Waals surface area contributed by atoms with Crippen LogP contribution in [0.25, 0.3) is 0 Å². The van der Waals surface area contributed by atoms with Crippen molar-refractivity contribution in [1.29, 1.82) is 0 Å². The second-order valence-electron chi connectivity index (χ2n) is 6.23. The summed E-state index contributed by atoms with van der Waals surface area (Å²) in [6, 6.07) is 5.96. The van der Waals surface area contributed by atoms with E-state index in [0.717, 1.165) is 25.2 Å². The number of para-hydroxylation sites is 1. The lowest BCUT2D eigenvalue weighted by molar-refractivity contribution is 0.0698. The largest absolute Gasteiger partial charge is 0.478 e. The monoisotopic (exact) mass is 289 g/mol. The predicted octanol–water partition coefficient (Wildman–Crippen LogP) is 1.89. The van der Waals surface area contributed by atoms with E-state index in [1.54, 1.807) is 12.1 Å². The van der Waals surface area contributed by atoms with Gasteiger partial charge in [0, 0.05) is 19.1 Å². The molecule has 3 rings (SSSR count). The molecule has 0 amide bonds. The van der Waals surface area contributed by atoms with Gasteiger partial charge in [-0.25, -0.2) is 4.79 Å². The third-order valence-corrected chi connectivity index (χ3v) is 5.00. The average Bonchev–Trinajstić information content (AvgIpc) is 2.47. The minimum Gasteiger partial charge on any atom is -0.478 e. The zero-order valence-electron chi connectivity index (χ0n) is 12.5. The van der Waals surface area contributed by atoms with Gasteiger partial charge in [-0.15, -0.1) is 0 Å². The van der Waals surface area contributed by atoms with E-state index in [4.69, 9.17) is 5.73 Å². The number of carboxylic acids is 1. The molecule has 2 aliphatic rings. The Morgan fingerprint density at radius 3 is 2.90 bits per heavy atom. The topological polar surface area (TPSA) is 69.8 Å². The summed E-state index contributed by atoms with van der Waals surface area (Å²) in [5, 5.41) is 9.21. The molecule has 2 unspecified atom stereocenters. The fourth-order valence-corrected chi connectivity index (χ4v) is 3.89. The third-order valence-electron chi connectivity index (χ3n) is 5.00. The van der Waals surface area contributed by atoms with Gasteiger partial charge in [-0.05, 0) is 50.9 Å². The molecule has 2 saturated heterocycles. The van der Waals surface area contributed by atoms with Crippen LogP contribution in [0.15, 0.2) is 18.2 Å². The first-order chi connectivity index (χ1) is 10.1. The third kappa shape index (κ3) is 2.58. The maximum atomic E-state index is 11.2. The maximum absolute atomic E-state index is 11.2. The number of nitrogen functional groups attached to an aromatic ring is 1. The first-order valence-corrected chi connectivity index (χ1v) is 7.65. The zero-order chi connectivity index (χ0) is 15.0. The van der Waals surface area contributed by atoms with Crippen LogP contribution in [0.1, 0.15) is 29.6 Å². The number of nitrogens with zero attached hydrogens (tertiary/aromatic N) is 2. The average molecular weight is 289 g/mol. The second kappa shape index (κ2) is 5.56. The fraction of sp³-hybridized carbons (Fsp3) is 0.562. The Kier molecular flexibility index (Phi) is 3.76. The van der Waals surface area contributed by atoms with Crippen molar-refractivity contribution < 1.29 is 9.90 Å². The summed E-state index contributed by atoms with van der Waals surface area (Å²) in [5.74, 6) is -0.299. The van der Waals surface area contributed by atoms with Crippen LogP contribution in [0.3, 0.4) is 0 Å². The molecule has 0 spiro atoms. The maximum Gasteiger partial charge on any atom is 0.337 e. The smallest absolute Gasteiger partial charge is 0.337 e. The van der Waals surface area contributed by atoms with E-state index in [9.17, 15) is 9.90 Å². The summed E-state index contributed by atoms with van der Waals surface area (Å²) in [6.45, 7) is 3.11. The van der Waals surface area contributed by atoms with Crippen molar-refractivity contribution in [2.45, 2.75) is 25.3 Å². The van der Waals surface area contributed by atoms with E-state index < -0.39 is 5.97 Å². The number of anilines is 2. The van der Waals surface area contributed by atoms with Gasteiger partial charge in [-0.3, -0.25) is 0 Å². The van der Waals surface area contributed by atoms with Crippen LogP contribution in [0, 0.1) is 5.92 Å². The Morgan fingerprint density at radius 2 is 2.14 bits per heavy atom. The second-order valence-corrected chi connectivity index (χ2v) is 6.23. The molecule has 1 aromatic carbocycles. The summed E-state index contributed by atoms with van der Waals surface area (Å²) in [6.07, 6.45) is 3.62. The number of fused-ring (bicyclic) bond motifs is 1. The lowest BCUT2D eigenvalue weighted by Gasteiger charge is -2.46. The molecular weight excluding hydrogens is 266 g/mol. The number of nitrogens with two attached hydrogens (primary N) is 1. The van der Waals surface area contributed by atoms with Crippen LogP contribution >= 0.6 is 0 Å². The number of rotatable bonds is 2. The van der Waals surface area contributed by atoms with Gasteiger partial charge in [0.25, 0.3) is 0 Å². The highest BCUT2D eigenvalue weighted by Gasteiger charge is 2.34. The first-order valence-electron chi connectivity index (χ1n) is 7.65. The Labute approximate surface area is 125 Å². The van der Waals surface area contributed by atoms with Crippen molar-refractivity contribution >= 4 is 17.3 Å². The number of hydrogen-bond acceptors (Lipinski definition) is 4. The van der Waals surface area contributed by atoms with Gasteiger partial charge < -0.3 is 20.6 Å². The number of aromatic carboxylic acids is 1. The van der Waals surface area contributed by atoms with Crippen LogP contribution in [0.2, 0.25) is 0 Å². The standard InChI is InChI=1S/C16H23N3O2/c1-18-8-3-4-11-10-19(9-7-13(11)18)14-6-2-5-12(15(14)17)16(20)21/h2,5-6,11,13H,3-4,7-10,17H2,1H3,(H,20,21). The number of carboxylic acid groups (broad SMARTS) is 1. The van der Waals surface area contributed by atoms with Gasteiger partial charge in [-0.1, -0.05) is 6.07 Å². The molecule has 21 heavy (non-hydrogen) atoms.